The maximum Gasteiger partial charge on any atom is 2.00 e. The largest absolute Gasteiger partial charge is 2.00 e. The summed E-state index contributed by atoms with van der Waals surface area (Å²) >= 11 is 0. The molecule has 0 saturated heterocycles. The van der Waals surface area contributed by atoms with Crippen molar-refractivity contribution in [2.24, 2.45) is 11.8 Å². The molecule has 1 nitrogen and oxygen atoms in total. The summed E-state index contributed by atoms with van der Waals surface area (Å²) in [6.45, 7) is 16.3. The first kappa shape index (κ1) is 24.1. The van der Waals surface area contributed by atoms with Crippen LogP contribution in [0.1, 0.15) is 53.4 Å². The van der Waals surface area contributed by atoms with Crippen molar-refractivity contribution in [2.45, 2.75) is 53.4 Å². The molecule has 14 heavy (non-hydrogen) atoms. The second-order valence-corrected chi connectivity index (χ2v) is 4.07. The second-order valence-electron chi connectivity index (χ2n) is 4.07. The van der Waals surface area contributed by atoms with Gasteiger partial charge in [0.05, 0.1) is 0 Å². The average Bonchev–Trinajstić information content (AvgIpc) is 1.87. The molecule has 86 valence electrons. The summed E-state index contributed by atoms with van der Waals surface area (Å²) in [7, 11) is 0. The monoisotopic (exact) mass is 236 g/mol. The maximum atomic E-state index is 3.73. The summed E-state index contributed by atoms with van der Waals surface area (Å²) in [6.07, 6.45) is 4.69. The van der Waals surface area contributed by atoms with Crippen molar-refractivity contribution >= 4 is 0 Å². The molecule has 0 saturated carbocycles. The Kier molecular flexibility index (Phi) is 33.2. The van der Waals surface area contributed by atoms with E-state index in [-0.39, 0.29) is 27.2 Å². The van der Waals surface area contributed by atoms with Gasteiger partial charge in [-0.05, 0) is 11.8 Å². The molecule has 2 heteroatoms. The van der Waals surface area contributed by atoms with E-state index in [0.717, 1.165) is 24.7 Å². The van der Waals surface area contributed by atoms with E-state index in [1.807, 2.05) is 0 Å². The minimum atomic E-state index is 0. The van der Waals surface area contributed by atoms with Gasteiger partial charge in [-0.2, -0.15) is 12.8 Å². The van der Waals surface area contributed by atoms with Crippen LogP contribution in [0.5, 0.6) is 0 Å². The fourth-order valence-corrected chi connectivity index (χ4v) is 0.816. The van der Waals surface area contributed by atoms with Crippen LogP contribution in [0.25, 0.3) is 0 Å². The van der Waals surface area contributed by atoms with Crippen molar-refractivity contribution in [3.63, 3.8) is 0 Å². The van der Waals surface area contributed by atoms with Crippen LogP contribution < -0.4 is 0 Å². The molecule has 0 aliphatic heterocycles. The molecule has 0 spiro atoms. The zero-order chi connectivity index (χ0) is 9.98. The minimum absolute atomic E-state index is 0. The molecule has 0 aliphatic rings. The molecule has 0 radical (unpaired) electrons. The first-order chi connectivity index (χ1) is 5.54. The van der Waals surface area contributed by atoms with E-state index in [2.05, 4.69) is 41.5 Å². The Labute approximate surface area is 106 Å². The van der Waals surface area contributed by atoms with Gasteiger partial charge in [-0.15, -0.1) is 0 Å². The molecule has 0 aromatic carbocycles. The predicted molar refractivity (Wildman–Crippen MR) is 62.5 cm³/mol. The Morgan fingerprint density at radius 3 is 1.00 bits per heavy atom. The van der Waals surface area contributed by atoms with Crippen molar-refractivity contribution < 1.29 is 27.2 Å². The van der Waals surface area contributed by atoms with Gasteiger partial charge in [0, 0.05) is 0 Å². The van der Waals surface area contributed by atoms with E-state index in [0.29, 0.717) is 0 Å². The Hall–Kier alpha value is 0.674. The zero-order valence-electron chi connectivity index (χ0n) is 10.4. The normalized spacial score (nSPS) is 8.57. The minimum Gasteiger partial charge on any atom is -0.412 e. The number of hydrogen-bond acceptors (Lipinski definition) is 0. The SMILES string of the molecule is O.[CH2-]CCC(C)C.[CH2-]CCC(C)C.[Ti+2]. The molecule has 0 atom stereocenters. The standard InChI is InChI=1S/2C6H13.H2O.Ti/c2*1-4-5-6(2)3;;/h2*6H,1,4-5H2,2-3H3;1H2;/q2*-1;;+2. The molecule has 0 unspecified atom stereocenters. The van der Waals surface area contributed by atoms with Crippen LogP contribution in [0.2, 0.25) is 0 Å². The molecule has 2 N–H and O–H groups in total. The third-order valence-corrected chi connectivity index (χ3v) is 1.56. The van der Waals surface area contributed by atoms with Gasteiger partial charge in [-0.25, -0.2) is 0 Å². The average molecular weight is 236 g/mol. The van der Waals surface area contributed by atoms with Gasteiger partial charge in [0.1, 0.15) is 0 Å². The molecular formula is C12H28OTi. The van der Waals surface area contributed by atoms with Crippen LogP contribution in [0, 0.1) is 25.7 Å². The third-order valence-electron chi connectivity index (χ3n) is 1.56. The second kappa shape index (κ2) is 19.3. The van der Waals surface area contributed by atoms with Crippen molar-refractivity contribution in [1.82, 2.24) is 0 Å². The third kappa shape index (κ3) is 38.8. The van der Waals surface area contributed by atoms with E-state index in [9.17, 15) is 0 Å². The Balaban J connectivity index is -0.0000000625. The van der Waals surface area contributed by atoms with E-state index in [1.165, 1.54) is 12.8 Å². The van der Waals surface area contributed by atoms with Crippen LogP contribution in [0.15, 0.2) is 0 Å². The van der Waals surface area contributed by atoms with Gasteiger partial charge < -0.3 is 19.3 Å². The first-order valence-corrected chi connectivity index (χ1v) is 5.13. The molecule has 0 bridgehead atoms. The van der Waals surface area contributed by atoms with Crippen molar-refractivity contribution in [3.05, 3.63) is 13.8 Å². The molecule has 0 aliphatic carbocycles. The van der Waals surface area contributed by atoms with E-state index < -0.39 is 0 Å². The van der Waals surface area contributed by atoms with Gasteiger partial charge in [0.2, 0.25) is 0 Å². The quantitative estimate of drug-likeness (QED) is 0.526. The van der Waals surface area contributed by atoms with Gasteiger partial charge in [0.25, 0.3) is 0 Å². The fourth-order valence-electron chi connectivity index (χ4n) is 0.816. The smallest absolute Gasteiger partial charge is 0.412 e. The summed E-state index contributed by atoms with van der Waals surface area (Å²) in [5, 5.41) is 0. The molecule has 0 rings (SSSR count). The van der Waals surface area contributed by atoms with E-state index in [1.54, 1.807) is 0 Å². The van der Waals surface area contributed by atoms with E-state index >= 15 is 0 Å². The molecule has 0 heterocycles. The number of rotatable bonds is 4. The molecule has 0 aromatic heterocycles. The van der Waals surface area contributed by atoms with Crippen molar-refractivity contribution in [3.8, 4) is 0 Å². The molecule has 0 aromatic rings. The van der Waals surface area contributed by atoms with Crippen molar-refractivity contribution in [2.75, 3.05) is 0 Å². The molecule has 0 fully saturated rings. The number of hydrogen-bond donors (Lipinski definition) is 0. The zero-order valence-corrected chi connectivity index (χ0v) is 12.0. The Morgan fingerprint density at radius 2 is 1.00 bits per heavy atom. The predicted octanol–water partition coefficient (Wildman–Crippen LogP) is 3.69. The summed E-state index contributed by atoms with van der Waals surface area (Å²) in [6, 6.07) is 0. The Bertz CT molecular complexity index is 62.7. The van der Waals surface area contributed by atoms with Gasteiger partial charge in [-0.1, -0.05) is 40.5 Å². The van der Waals surface area contributed by atoms with Crippen molar-refractivity contribution in [1.29, 1.82) is 0 Å². The summed E-state index contributed by atoms with van der Waals surface area (Å²) in [5.41, 5.74) is 0. The summed E-state index contributed by atoms with van der Waals surface area (Å²) in [4.78, 5) is 0. The van der Waals surface area contributed by atoms with Gasteiger partial charge in [-0.3, -0.25) is 0 Å². The van der Waals surface area contributed by atoms with Gasteiger partial charge >= 0.3 is 21.7 Å². The molecule has 0 amide bonds. The fraction of sp³-hybridized carbons (Fsp3) is 0.833. The topological polar surface area (TPSA) is 31.5 Å². The maximum absolute atomic E-state index is 3.73. The van der Waals surface area contributed by atoms with E-state index in [4.69, 9.17) is 0 Å². The van der Waals surface area contributed by atoms with Crippen LogP contribution in [-0.2, 0) is 21.7 Å². The van der Waals surface area contributed by atoms with Crippen LogP contribution in [-0.4, -0.2) is 5.48 Å². The van der Waals surface area contributed by atoms with Crippen LogP contribution >= 0.6 is 0 Å². The first-order valence-electron chi connectivity index (χ1n) is 5.13. The van der Waals surface area contributed by atoms with Crippen LogP contribution in [0.3, 0.4) is 0 Å². The summed E-state index contributed by atoms with van der Waals surface area (Å²) < 4.78 is 0. The van der Waals surface area contributed by atoms with Crippen LogP contribution in [0.4, 0.5) is 0 Å². The molecular weight excluding hydrogens is 208 g/mol. The summed E-state index contributed by atoms with van der Waals surface area (Å²) in [5.74, 6) is 1.67. The Morgan fingerprint density at radius 1 is 0.786 bits per heavy atom. The van der Waals surface area contributed by atoms with Gasteiger partial charge in [0.15, 0.2) is 0 Å².